The van der Waals surface area contributed by atoms with Crippen LogP contribution >= 0.6 is 11.6 Å². The number of halogens is 1. The lowest BCUT2D eigenvalue weighted by molar-refractivity contribution is 0.520. The summed E-state index contributed by atoms with van der Waals surface area (Å²) in [6.07, 6.45) is 5.35. The van der Waals surface area contributed by atoms with Gasteiger partial charge in [-0.1, -0.05) is 13.3 Å². The maximum atomic E-state index is 11.9. The maximum absolute atomic E-state index is 11.9. The monoisotopic (exact) mass is 257 g/mol. The Balaban J connectivity index is 2.65. The van der Waals surface area contributed by atoms with Crippen LogP contribution < -0.4 is 10.9 Å². The first-order chi connectivity index (χ1) is 8.22. The number of rotatable bonds is 7. The van der Waals surface area contributed by atoms with Crippen molar-refractivity contribution in [2.75, 3.05) is 17.7 Å². The van der Waals surface area contributed by atoms with Gasteiger partial charge in [-0.05, 0) is 19.3 Å². The largest absolute Gasteiger partial charge is 0.365 e. The van der Waals surface area contributed by atoms with Crippen molar-refractivity contribution in [3.05, 3.63) is 22.7 Å². The van der Waals surface area contributed by atoms with E-state index in [1.54, 1.807) is 17.0 Å². The van der Waals surface area contributed by atoms with E-state index in [4.69, 9.17) is 11.6 Å². The van der Waals surface area contributed by atoms with Crippen LogP contribution in [-0.2, 0) is 6.54 Å². The highest BCUT2D eigenvalue weighted by Crippen LogP contribution is 2.09. The quantitative estimate of drug-likeness (QED) is 0.763. The zero-order valence-electron chi connectivity index (χ0n) is 10.4. The molecular formula is C12H20ClN3O. The highest BCUT2D eigenvalue weighted by molar-refractivity contribution is 6.17. The van der Waals surface area contributed by atoms with Gasteiger partial charge in [-0.3, -0.25) is 4.79 Å². The smallest absolute Gasteiger partial charge is 0.293 e. The van der Waals surface area contributed by atoms with Gasteiger partial charge >= 0.3 is 0 Å². The van der Waals surface area contributed by atoms with Gasteiger partial charge in [-0.15, -0.1) is 11.6 Å². The normalized spacial score (nSPS) is 12.4. The third kappa shape index (κ3) is 4.04. The fourth-order valence-electron chi connectivity index (χ4n) is 1.66. The Morgan fingerprint density at radius 2 is 2.29 bits per heavy atom. The van der Waals surface area contributed by atoms with Crippen LogP contribution in [0.25, 0.3) is 0 Å². The van der Waals surface area contributed by atoms with E-state index < -0.39 is 0 Å². The van der Waals surface area contributed by atoms with E-state index in [0.717, 1.165) is 19.4 Å². The molecule has 1 aromatic heterocycles. The lowest BCUT2D eigenvalue weighted by atomic mass is 10.0. The molecule has 1 heterocycles. The van der Waals surface area contributed by atoms with Crippen molar-refractivity contribution in [3.63, 3.8) is 0 Å². The molecule has 1 atom stereocenters. The molecule has 0 aliphatic heterocycles. The summed E-state index contributed by atoms with van der Waals surface area (Å²) in [5, 5.41) is 3.12. The van der Waals surface area contributed by atoms with Gasteiger partial charge in [-0.25, -0.2) is 4.98 Å². The first kappa shape index (κ1) is 14.0. The molecule has 0 bridgehead atoms. The van der Waals surface area contributed by atoms with Gasteiger partial charge in [0.2, 0.25) is 0 Å². The van der Waals surface area contributed by atoms with Crippen molar-refractivity contribution in [1.82, 2.24) is 9.55 Å². The second kappa shape index (κ2) is 7.33. The number of nitrogens with one attached hydrogen (secondary N) is 1. The molecule has 5 heteroatoms. The van der Waals surface area contributed by atoms with Crippen LogP contribution in [0, 0.1) is 5.92 Å². The van der Waals surface area contributed by atoms with Gasteiger partial charge in [0.05, 0.1) is 0 Å². The highest BCUT2D eigenvalue weighted by atomic mass is 35.5. The predicted octanol–water partition coefficient (Wildman–Crippen LogP) is 2.33. The molecule has 0 radical (unpaired) electrons. The molecule has 0 spiro atoms. The van der Waals surface area contributed by atoms with Crippen LogP contribution in [-0.4, -0.2) is 22.0 Å². The van der Waals surface area contributed by atoms with Gasteiger partial charge in [0.25, 0.3) is 5.56 Å². The molecule has 0 aromatic carbocycles. The molecule has 0 saturated carbocycles. The number of nitrogens with zero attached hydrogens (tertiary/aromatic N) is 2. The average molecular weight is 258 g/mol. The van der Waals surface area contributed by atoms with Gasteiger partial charge in [0.15, 0.2) is 5.82 Å². The first-order valence-corrected chi connectivity index (χ1v) is 6.61. The SMILES string of the molecule is CCC(CCCl)CNc1nccn(CC)c1=O. The Hall–Kier alpha value is -1.03. The third-order valence-electron chi connectivity index (χ3n) is 2.91. The minimum absolute atomic E-state index is 0.0595. The van der Waals surface area contributed by atoms with E-state index in [1.807, 2.05) is 6.92 Å². The van der Waals surface area contributed by atoms with Crippen molar-refractivity contribution in [3.8, 4) is 0 Å². The summed E-state index contributed by atoms with van der Waals surface area (Å²) >= 11 is 5.73. The van der Waals surface area contributed by atoms with E-state index in [2.05, 4.69) is 17.2 Å². The van der Waals surface area contributed by atoms with E-state index >= 15 is 0 Å². The zero-order valence-corrected chi connectivity index (χ0v) is 11.2. The number of aryl methyl sites for hydroxylation is 1. The molecule has 17 heavy (non-hydrogen) atoms. The molecule has 4 nitrogen and oxygen atoms in total. The second-order valence-corrected chi connectivity index (χ2v) is 4.38. The fraction of sp³-hybridized carbons (Fsp3) is 0.667. The van der Waals surface area contributed by atoms with E-state index in [-0.39, 0.29) is 5.56 Å². The second-order valence-electron chi connectivity index (χ2n) is 4.00. The van der Waals surface area contributed by atoms with Gasteiger partial charge in [0.1, 0.15) is 0 Å². The average Bonchev–Trinajstić information content (AvgIpc) is 2.36. The Labute approximate surface area is 107 Å². The van der Waals surface area contributed by atoms with Crippen molar-refractivity contribution >= 4 is 17.4 Å². The molecule has 0 aliphatic rings. The lowest BCUT2D eigenvalue weighted by Crippen LogP contribution is -2.26. The Morgan fingerprint density at radius 1 is 1.53 bits per heavy atom. The van der Waals surface area contributed by atoms with Crippen molar-refractivity contribution in [2.24, 2.45) is 5.92 Å². The number of hydrogen-bond acceptors (Lipinski definition) is 3. The summed E-state index contributed by atoms with van der Waals surface area (Å²) in [4.78, 5) is 15.9. The molecule has 0 amide bonds. The molecular weight excluding hydrogens is 238 g/mol. The van der Waals surface area contributed by atoms with Crippen molar-refractivity contribution in [2.45, 2.75) is 33.2 Å². The molecule has 1 unspecified atom stereocenters. The number of hydrogen-bond donors (Lipinski definition) is 1. The fourth-order valence-corrected chi connectivity index (χ4v) is 1.97. The Bertz CT molecular complexity index is 392. The van der Waals surface area contributed by atoms with Crippen molar-refractivity contribution < 1.29 is 0 Å². The first-order valence-electron chi connectivity index (χ1n) is 6.08. The Morgan fingerprint density at radius 3 is 2.88 bits per heavy atom. The zero-order chi connectivity index (χ0) is 12.7. The number of anilines is 1. The van der Waals surface area contributed by atoms with E-state index in [9.17, 15) is 4.79 Å². The predicted molar refractivity (Wildman–Crippen MR) is 71.8 cm³/mol. The van der Waals surface area contributed by atoms with Gasteiger partial charge in [-0.2, -0.15) is 0 Å². The van der Waals surface area contributed by atoms with Gasteiger partial charge < -0.3 is 9.88 Å². The summed E-state index contributed by atoms with van der Waals surface area (Å²) in [6, 6.07) is 0. The highest BCUT2D eigenvalue weighted by Gasteiger charge is 2.08. The van der Waals surface area contributed by atoms with Crippen LogP contribution in [0.4, 0.5) is 5.82 Å². The minimum atomic E-state index is -0.0595. The lowest BCUT2D eigenvalue weighted by Gasteiger charge is -2.14. The maximum Gasteiger partial charge on any atom is 0.293 e. The molecule has 1 aromatic rings. The molecule has 0 aliphatic carbocycles. The number of alkyl halides is 1. The summed E-state index contributed by atoms with van der Waals surface area (Å²) in [5.41, 5.74) is -0.0595. The third-order valence-corrected chi connectivity index (χ3v) is 3.13. The van der Waals surface area contributed by atoms with Crippen LogP contribution in [0.5, 0.6) is 0 Å². The molecule has 96 valence electrons. The molecule has 0 fully saturated rings. The van der Waals surface area contributed by atoms with Crippen molar-refractivity contribution in [1.29, 1.82) is 0 Å². The molecule has 0 saturated heterocycles. The standard InChI is InChI=1S/C12H20ClN3O/c1-3-10(5-6-13)9-15-11-12(17)16(4-2)8-7-14-11/h7-8,10H,3-6,9H2,1-2H3,(H,14,15). The summed E-state index contributed by atoms with van der Waals surface area (Å²) in [7, 11) is 0. The topological polar surface area (TPSA) is 46.9 Å². The van der Waals surface area contributed by atoms with Crippen LogP contribution in [0.1, 0.15) is 26.7 Å². The molecule has 1 N–H and O–H groups in total. The van der Waals surface area contributed by atoms with Crippen LogP contribution in [0.3, 0.4) is 0 Å². The van der Waals surface area contributed by atoms with E-state index in [0.29, 0.717) is 24.2 Å². The molecule has 1 rings (SSSR count). The van der Waals surface area contributed by atoms with Crippen LogP contribution in [0.2, 0.25) is 0 Å². The van der Waals surface area contributed by atoms with Crippen LogP contribution in [0.15, 0.2) is 17.2 Å². The Kier molecular flexibility index (Phi) is 6.05. The van der Waals surface area contributed by atoms with E-state index in [1.165, 1.54) is 0 Å². The minimum Gasteiger partial charge on any atom is -0.365 e. The summed E-state index contributed by atoms with van der Waals surface area (Å²) in [5.74, 6) is 1.58. The number of aromatic nitrogens is 2. The summed E-state index contributed by atoms with van der Waals surface area (Å²) in [6.45, 7) is 5.48. The summed E-state index contributed by atoms with van der Waals surface area (Å²) < 4.78 is 1.64. The van der Waals surface area contributed by atoms with Gasteiger partial charge in [0, 0.05) is 31.4 Å².